The highest BCUT2D eigenvalue weighted by Crippen LogP contribution is 2.37. The van der Waals surface area contributed by atoms with Gasteiger partial charge in [0.25, 0.3) is 0 Å². The Labute approximate surface area is 26.7 Å². The van der Waals surface area contributed by atoms with Crippen LogP contribution >= 0.6 is 17.2 Å². The van der Waals surface area contributed by atoms with Crippen LogP contribution in [0.5, 0.6) is 0 Å². The smallest absolute Gasteiger partial charge is 0.122 e. The molecule has 0 fully saturated rings. The largest absolute Gasteiger partial charge is 0.223 e. The minimum atomic E-state index is -0.998. The normalized spacial score (nSPS) is 13.5. The molecule has 0 radical (unpaired) electrons. The fourth-order valence-electron chi connectivity index (χ4n) is 0. The van der Waals surface area contributed by atoms with E-state index in [9.17, 15) is 8.39 Å². The Bertz CT molecular complexity index is 6.00. The van der Waals surface area contributed by atoms with Crippen LogP contribution in [0.25, 0.3) is 0 Å². The molecule has 0 aliphatic carbocycles. The quantitative estimate of drug-likeness (QED) is 0.444. The molecule has 2 atom stereocenters. The van der Waals surface area contributed by atoms with Crippen molar-refractivity contribution >= 4 is 17.2 Å². The highest BCUT2D eigenvalue weighted by atomic mass is 32.1. The van der Waals surface area contributed by atoms with Gasteiger partial charge in [-0.1, -0.05) is 0 Å². The van der Waals surface area contributed by atoms with E-state index in [1.807, 2.05) is 0 Å². The third-order valence-corrected chi connectivity index (χ3v) is 0.321. The van der Waals surface area contributed by atoms with Gasteiger partial charge in [-0.15, -0.1) is 0 Å². The molecular formula is H2F2P2. The first kappa shape index (κ1) is 4.72. The fourth-order valence-corrected chi connectivity index (χ4v) is 0. The predicted octanol–water partition coefficient (Wildman–Crippen LogP) is 2.03. The Hall–Kier alpha value is 0.720. The summed E-state index contributed by atoms with van der Waals surface area (Å²) in [5.74, 6) is 0. The molecule has 0 amide bonds. The average Bonchev–Trinajstić information content (AvgIpc) is 1.37. The van der Waals surface area contributed by atoms with E-state index in [2.05, 4.69) is 0 Å². The van der Waals surface area contributed by atoms with Crippen LogP contribution in [-0.4, -0.2) is 0 Å². The number of hydrogen-bond donors (Lipinski definition) is 0. The zero-order valence-corrected chi connectivity index (χ0v) is 3.76. The van der Waals surface area contributed by atoms with E-state index in [1.165, 1.54) is 0 Å². The van der Waals surface area contributed by atoms with Crippen LogP contribution in [0.15, 0.2) is 0 Å². The first-order valence-electron chi connectivity index (χ1n) is 0.628. The maximum Gasteiger partial charge on any atom is 0.122 e. The maximum atomic E-state index is 10.4. The molecule has 0 nitrogen and oxygen atoms in total. The maximum absolute atomic E-state index is 10.4. The summed E-state index contributed by atoms with van der Waals surface area (Å²) in [5.41, 5.74) is 0. The summed E-state index contributed by atoms with van der Waals surface area (Å²) in [6.45, 7) is 0. The van der Waals surface area contributed by atoms with E-state index in [4.69, 9.17) is 0 Å². The van der Waals surface area contributed by atoms with E-state index >= 15 is 0 Å². The lowest BCUT2D eigenvalue weighted by Gasteiger charge is -1.60. The van der Waals surface area contributed by atoms with Crippen molar-refractivity contribution in [2.75, 3.05) is 0 Å². The highest BCUT2D eigenvalue weighted by Gasteiger charge is 1.66. The van der Waals surface area contributed by atoms with Gasteiger partial charge in [-0.2, -0.15) is 0 Å². The van der Waals surface area contributed by atoms with E-state index in [1.54, 1.807) is 0 Å². The van der Waals surface area contributed by atoms with Crippen molar-refractivity contribution in [3.63, 3.8) is 0 Å². The molecule has 2 unspecified atom stereocenters. The van der Waals surface area contributed by atoms with Gasteiger partial charge in [0.05, 0.1) is 0 Å². The van der Waals surface area contributed by atoms with Crippen LogP contribution in [0.2, 0.25) is 0 Å². The second-order valence-electron chi connectivity index (χ2n) is 0.189. The Morgan fingerprint density at radius 1 is 1.00 bits per heavy atom. The molecule has 0 saturated heterocycles. The molecule has 0 aliphatic heterocycles. The highest BCUT2D eigenvalue weighted by molar-refractivity contribution is 8.06. The molecule has 0 aromatic rings. The van der Waals surface area contributed by atoms with Gasteiger partial charge in [0, 0.05) is 0 Å². The molecule has 0 aromatic carbocycles. The first-order chi connectivity index (χ1) is 1.91. The molecule has 4 heavy (non-hydrogen) atoms. The van der Waals surface area contributed by atoms with Crippen molar-refractivity contribution in [1.29, 1.82) is 0 Å². The molecule has 0 aliphatic rings. The van der Waals surface area contributed by atoms with Crippen molar-refractivity contribution in [2.45, 2.75) is 0 Å². The molecule has 0 saturated carbocycles. The van der Waals surface area contributed by atoms with Crippen LogP contribution in [0.3, 0.4) is 0 Å². The average molecular weight is 102 g/mol. The third-order valence-electron chi connectivity index (χ3n) is 0.0357. The molecule has 0 heterocycles. The van der Waals surface area contributed by atoms with Crippen molar-refractivity contribution in [3.05, 3.63) is 0 Å². The van der Waals surface area contributed by atoms with Crippen LogP contribution < -0.4 is 0 Å². The SMILES string of the molecule is FPPF. The summed E-state index contributed by atoms with van der Waals surface area (Å²) < 4.78 is 20.8. The topological polar surface area (TPSA) is 0 Å². The van der Waals surface area contributed by atoms with E-state index < -0.39 is 17.2 Å². The monoisotopic (exact) mass is 102 g/mol. The van der Waals surface area contributed by atoms with Gasteiger partial charge in [0.1, 0.15) is 17.2 Å². The van der Waals surface area contributed by atoms with Gasteiger partial charge >= 0.3 is 0 Å². The van der Waals surface area contributed by atoms with Crippen molar-refractivity contribution in [2.24, 2.45) is 0 Å². The van der Waals surface area contributed by atoms with E-state index in [0.29, 0.717) is 0 Å². The fraction of sp³-hybridized carbons (Fsp3) is 0. The molecule has 0 rings (SSSR count). The summed E-state index contributed by atoms with van der Waals surface area (Å²) in [4.78, 5) is 0. The zero-order valence-electron chi connectivity index (χ0n) is 1.76. The second kappa shape index (κ2) is 3.72. The lowest BCUT2D eigenvalue weighted by molar-refractivity contribution is 0.908. The summed E-state index contributed by atoms with van der Waals surface area (Å²) in [5, 5.41) is 0. The molecule has 0 bridgehead atoms. The predicted molar refractivity (Wildman–Crippen MR) is 18.8 cm³/mol. The van der Waals surface area contributed by atoms with Gasteiger partial charge in [0.15, 0.2) is 0 Å². The minimum absolute atomic E-state index is 0.998. The number of halogens is 2. The zero-order chi connectivity index (χ0) is 3.41. The Balaban J connectivity index is 1.97. The summed E-state index contributed by atoms with van der Waals surface area (Å²) in [6.07, 6.45) is 0. The van der Waals surface area contributed by atoms with Gasteiger partial charge < -0.3 is 0 Å². The molecule has 4 heteroatoms. The lowest BCUT2D eigenvalue weighted by atomic mass is 18.9. The number of hydrogen-bond acceptors (Lipinski definition) is 0. The molecule has 0 spiro atoms. The van der Waals surface area contributed by atoms with Crippen molar-refractivity contribution in [3.8, 4) is 0 Å². The molecular weight excluding hydrogens is 99.9 g/mol. The van der Waals surface area contributed by atoms with E-state index in [0.717, 1.165) is 0 Å². The number of rotatable bonds is 1. The third kappa shape index (κ3) is 2.72. The summed E-state index contributed by atoms with van der Waals surface area (Å²) >= 11 is 0. The molecule has 0 aromatic heterocycles. The van der Waals surface area contributed by atoms with E-state index in [-0.39, 0.29) is 0 Å². The minimum Gasteiger partial charge on any atom is -0.223 e. The first-order valence-corrected chi connectivity index (χ1v) is 3.38. The van der Waals surface area contributed by atoms with Gasteiger partial charge in [0.2, 0.25) is 0 Å². The summed E-state index contributed by atoms with van der Waals surface area (Å²) in [7, 11) is -2.00. The van der Waals surface area contributed by atoms with Gasteiger partial charge in [-0.25, -0.2) is 8.39 Å². The summed E-state index contributed by atoms with van der Waals surface area (Å²) in [6, 6.07) is 0. The van der Waals surface area contributed by atoms with Crippen LogP contribution in [-0.2, 0) is 0 Å². The Kier molecular flexibility index (Phi) is 4.39. The van der Waals surface area contributed by atoms with Gasteiger partial charge in [-0.3, -0.25) is 0 Å². The molecule has 26 valence electrons. The second-order valence-corrected chi connectivity index (χ2v) is 1.70. The van der Waals surface area contributed by atoms with Crippen molar-refractivity contribution < 1.29 is 8.39 Å². The van der Waals surface area contributed by atoms with Crippen LogP contribution in [0, 0.1) is 0 Å². The Morgan fingerprint density at radius 3 is 1.25 bits per heavy atom. The van der Waals surface area contributed by atoms with Gasteiger partial charge in [-0.05, 0) is 0 Å². The van der Waals surface area contributed by atoms with Crippen LogP contribution in [0.1, 0.15) is 0 Å². The standard InChI is InChI=1S/F2H2P2/c1-3-4-2/h3-4H. The van der Waals surface area contributed by atoms with Crippen molar-refractivity contribution in [1.82, 2.24) is 0 Å². The lowest BCUT2D eigenvalue weighted by Crippen LogP contribution is -0.897. The molecule has 0 N–H and O–H groups in total. The Morgan fingerprint density at radius 2 is 1.25 bits per heavy atom. The van der Waals surface area contributed by atoms with Crippen LogP contribution in [0.4, 0.5) is 8.39 Å².